The summed E-state index contributed by atoms with van der Waals surface area (Å²) in [5.74, 6) is 0.516. The van der Waals surface area contributed by atoms with Gasteiger partial charge in [-0.25, -0.2) is 10.0 Å². The van der Waals surface area contributed by atoms with Gasteiger partial charge in [-0.3, -0.25) is 4.79 Å². The van der Waals surface area contributed by atoms with E-state index in [-0.39, 0.29) is 0 Å². The molecule has 0 aliphatic carbocycles. The average molecular weight is 194 g/mol. The van der Waals surface area contributed by atoms with Crippen LogP contribution in [-0.4, -0.2) is 37.6 Å². The highest BCUT2D eigenvalue weighted by atomic mass is 16.4. The summed E-state index contributed by atoms with van der Waals surface area (Å²) in [6.45, 7) is 3.32. The number of nitrogens with zero attached hydrogens (tertiary/aromatic N) is 2. The summed E-state index contributed by atoms with van der Waals surface area (Å²) < 4.78 is 5.14. The van der Waals surface area contributed by atoms with E-state index in [1.54, 1.807) is 18.4 Å². The molecule has 0 aromatic carbocycles. The van der Waals surface area contributed by atoms with Crippen LogP contribution in [-0.2, 0) is 4.79 Å². The minimum absolute atomic E-state index is 0.516. The fourth-order valence-corrected chi connectivity index (χ4v) is 1.49. The summed E-state index contributed by atoms with van der Waals surface area (Å²) in [6, 6.07) is 3.49. The highest BCUT2D eigenvalue weighted by Crippen LogP contribution is 2.15. The number of hydrazine groups is 1. The second-order valence-electron chi connectivity index (χ2n) is 3.06. The van der Waals surface area contributed by atoms with Crippen LogP contribution in [0.5, 0.6) is 0 Å². The molecule has 0 spiro atoms. The molecule has 5 heteroatoms. The predicted molar refractivity (Wildman–Crippen MR) is 51.3 cm³/mol. The summed E-state index contributed by atoms with van der Waals surface area (Å²) in [7, 11) is 0. The minimum Gasteiger partial charge on any atom is -0.447 e. The molecule has 0 bridgehead atoms. The van der Waals surface area contributed by atoms with E-state index in [0.717, 1.165) is 26.2 Å². The first-order chi connectivity index (χ1) is 6.92. The van der Waals surface area contributed by atoms with Crippen molar-refractivity contribution < 1.29 is 9.21 Å². The zero-order valence-corrected chi connectivity index (χ0v) is 7.77. The first kappa shape index (κ1) is 9.23. The topological polar surface area (TPSA) is 48.7 Å². The Kier molecular flexibility index (Phi) is 2.81. The number of furan rings is 1. The lowest BCUT2D eigenvalue weighted by molar-refractivity contribution is 0.236. The number of anilines is 1. The van der Waals surface area contributed by atoms with Crippen molar-refractivity contribution >= 4 is 12.3 Å². The number of nitrogens with one attached hydrogen (secondary N) is 1. The van der Waals surface area contributed by atoms with Crippen LogP contribution in [0.15, 0.2) is 22.8 Å². The van der Waals surface area contributed by atoms with E-state index >= 15 is 0 Å². The van der Waals surface area contributed by atoms with Crippen molar-refractivity contribution in [2.24, 2.45) is 0 Å². The average Bonchev–Trinajstić information content (AvgIpc) is 2.74. The molecule has 5 nitrogen and oxygen atoms in total. The Hall–Kier alpha value is -1.33. The van der Waals surface area contributed by atoms with Gasteiger partial charge in [0.2, 0.25) is 5.88 Å². The second kappa shape index (κ2) is 4.26. The Morgan fingerprint density at radius 3 is 2.86 bits per heavy atom. The Labute approximate surface area is 82.2 Å². The lowest BCUT2D eigenvalue weighted by Gasteiger charge is -2.32. The van der Waals surface area contributed by atoms with Gasteiger partial charge in [-0.05, 0) is 6.07 Å². The Morgan fingerprint density at radius 2 is 2.29 bits per heavy atom. The van der Waals surface area contributed by atoms with E-state index in [1.807, 2.05) is 11.4 Å². The fourth-order valence-electron chi connectivity index (χ4n) is 1.49. The second-order valence-corrected chi connectivity index (χ2v) is 3.06. The Morgan fingerprint density at radius 1 is 1.50 bits per heavy atom. The van der Waals surface area contributed by atoms with Gasteiger partial charge in [-0.2, -0.15) is 0 Å². The summed E-state index contributed by atoms with van der Waals surface area (Å²) in [5.41, 5.74) is 0. The van der Waals surface area contributed by atoms with Crippen LogP contribution < -0.4 is 10.3 Å². The van der Waals surface area contributed by atoms with Crippen molar-refractivity contribution in [1.29, 1.82) is 0 Å². The molecule has 1 aromatic heterocycles. The highest BCUT2D eigenvalue weighted by molar-refractivity contribution is 5.71. The lowest BCUT2D eigenvalue weighted by atomic mass is 10.4. The van der Waals surface area contributed by atoms with E-state index in [1.165, 1.54) is 5.01 Å². The van der Waals surface area contributed by atoms with Gasteiger partial charge in [0, 0.05) is 32.2 Å². The maximum absolute atomic E-state index is 10.8. The molecule has 2 rings (SSSR count). The van der Waals surface area contributed by atoms with E-state index < -0.39 is 0 Å². The van der Waals surface area contributed by atoms with E-state index in [0.29, 0.717) is 5.88 Å². The fraction of sp³-hybridized carbons (Fsp3) is 0.444. The van der Waals surface area contributed by atoms with E-state index in [9.17, 15) is 4.79 Å². The number of amides is 1. The van der Waals surface area contributed by atoms with Crippen molar-refractivity contribution in [3.05, 3.63) is 18.4 Å². The molecule has 1 N–H and O–H groups in total. The smallest absolute Gasteiger partial charge is 0.335 e. The molecule has 14 heavy (non-hydrogen) atoms. The number of rotatable bonds is 3. The Balaban J connectivity index is 2.08. The molecule has 2 heterocycles. The van der Waals surface area contributed by atoms with Crippen LogP contribution >= 0.6 is 0 Å². The van der Waals surface area contributed by atoms with Gasteiger partial charge >= 0.3 is 6.41 Å². The molecule has 75 valence electrons. The van der Waals surface area contributed by atoms with Crippen molar-refractivity contribution in [3.8, 4) is 0 Å². The molecular formula is C9H12N3O2. The maximum atomic E-state index is 10.8. The molecule has 0 unspecified atom stereocenters. The first-order valence-corrected chi connectivity index (χ1v) is 4.59. The molecule has 1 radical (unpaired) electrons. The molecule has 0 atom stereocenters. The number of hydrogen-bond donors (Lipinski definition) is 1. The van der Waals surface area contributed by atoms with Crippen molar-refractivity contribution in [1.82, 2.24) is 10.3 Å². The minimum atomic E-state index is 0.516. The molecule has 0 saturated carbocycles. The molecule has 1 saturated heterocycles. The first-order valence-electron chi connectivity index (χ1n) is 4.59. The maximum Gasteiger partial charge on any atom is 0.335 e. The predicted octanol–water partition coefficient (Wildman–Crippen LogP) is -0.0266. The van der Waals surface area contributed by atoms with Gasteiger partial charge in [-0.15, -0.1) is 0 Å². The van der Waals surface area contributed by atoms with Crippen molar-refractivity contribution in [2.45, 2.75) is 0 Å². The zero-order chi connectivity index (χ0) is 9.80. The van der Waals surface area contributed by atoms with Crippen molar-refractivity contribution in [3.63, 3.8) is 0 Å². The number of hydrogen-bond acceptors (Lipinski definition) is 4. The van der Waals surface area contributed by atoms with Gasteiger partial charge in [0.1, 0.15) is 0 Å². The van der Waals surface area contributed by atoms with Gasteiger partial charge < -0.3 is 9.73 Å². The van der Waals surface area contributed by atoms with Crippen LogP contribution in [0.2, 0.25) is 0 Å². The summed E-state index contributed by atoms with van der Waals surface area (Å²) in [4.78, 5) is 10.8. The van der Waals surface area contributed by atoms with Crippen LogP contribution in [0.4, 0.5) is 5.88 Å². The summed E-state index contributed by atoms with van der Waals surface area (Å²) in [6.07, 6.45) is 3.41. The lowest BCUT2D eigenvalue weighted by Crippen LogP contribution is -2.52. The summed E-state index contributed by atoms with van der Waals surface area (Å²) in [5, 5.41) is 6.51. The zero-order valence-electron chi connectivity index (χ0n) is 7.77. The quantitative estimate of drug-likeness (QED) is 0.687. The van der Waals surface area contributed by atoms with E-state index in [4.69, 9.17) is 4.42 Å². The molecule has 1 aliphatic heterocycles. The molecule has 1 aliphatic rings. The van der Waals surface area contributed by atoms with Crippen molar-refractivity contribution in [2.75, 3.05) is 31.2 Å². The number of piperazine rings is 1. The largest absolute Gasteiger partial charge is 0.447 e. The molecule has 1 fully saturated rings. The number of carbonyl (C=O) groups excluding carboxylic acids is 1. The van der Waals surface area contributed by atoms with Crippen LogP contribution in [0.25, 0.3) is 0 Å². The van der Waals surface area contributed by atoms with Gasteiger partial charge in [0.05, 0.1) is 6.26 Å². The third-order valence-electron chi connectivity index (χ3n) is 2.18. The monoisotopic (exact) mass is 194 g/mol. The molecule has 1 amide bonds. The Bertz CT molecular complexity index is 280. The molecular weight excluding hydrogens is 182 g/mol. The normalized spacial score (nSPS) is 18.0. The third kappa shape index (κ3) is 1.78. The van der Waals surface area contributed by atoms with Crippen LogP contribution in [0.3, 0.4) is 0 Å². The van der Waals surface area contributed by atoms with E-state index in [2.05, 4.69) is 5.32 Å². The van der Waals surface area contributed by atoms with Crippen LogP contribution in [0, 0.1) is 0 Å². The third-order valence-corrected chi connectivity index (χ3v) is 2.18. The molecule has 1 aromatic rings. The van der Waals surface area contributed by atoms with Crippen LogP contribution in [0.1, 0.15) is 0 Å². The summed E-state index contributed by atoms with van der Waals surface area (Å²) >= 11 is 0. The van der Waals surface area contributed by atoms with Gasteiger partial charge in [0.15, 0.2) is 0 Å². The SMILES string of the molecule is O=[C]N(c1ccco1)N1CCNCC1. The highest BCUT2D eigenvalue weighted by Gasteiger charge is 2.20. The van der Waals surface area contributed by atoms with Gasteiger partial charge in [-0.1, -0.05) is 0 Å². The standard InChI is InChI=1S/C9H12N3O2/c13-8-12(9-2-1-7-14-9)11-5-3-10-4-6-11/h1-2,7,10H,3-6H2. The van der Waals surface area contributed by atoms with Gasteiger partial charge in [0.25, 0.3) is 0 Å².